The summed E-state index contributed by atoms with van der Waals surface area (Å²) < 4.78 is 15.3. The Morgan fingerprint density at radius 1 is 0.975 bits per heavy atom. The standard InChI is InChI=1S/C32H31N5O3/c1-4-40-27-16-8-11-23(19-27)30-29-17-10-18-35(29)31-28(22(2)34-37(31)25-13-6-5-7-14-25)21-36(30)32(38)33-24-12-9-15-26(20-24)39-3/h5-20,30H,4,21H2,1-3H3,(H,33,38). The molecular formula is C32H31N5O3. The van der Waals surface area contributed by atoms with Crippen LogP contribution in [-0.4, -0.2) is 39.0 Å². The largest absolute Gasteiger partial charge is 0.497 e. The zero-order valence-electron chi connectivity index (χ0n) is 22.7. The topological polar surface area (TPSA) is 73.5 Å². The van der Waals surface area contributed by atoms with Crippen LogP contribution in [0.25, 0.3) is 11.5 Å². The average Bonchev–Trinajstić information content (AvgIpc) is 3.54. The van der Waals surface area contributed by atoms with Crippen LogP contribution in [0.1, 0.15) is 35.5 Å². The molecule has 8 heteroatoms. The maximum Gasteiger partial charge on any atom is 0.322 e. The first kappa shape index (κ1) is 25.3. The normalized spacial score (nSPS) is 14.2. The van der Waals surface area contributed by atoms with Crippen molar-refractivity contribution < 1.29 is 14.3 Å². The number of aromatic nitrogens is 3. The first-order valence-electron chi connectivity index (χ1n) is 13.3. The Morgan fingerprint density at radius 3 is 2.58 bits per heavy atom. The molecule has 1 unspecified atom stereocenters. The number of carbonyl (C=O) groups is 1. The Hall–Kier alpha value is -4.98. The molecule has 1 aliphatic rings. The summed E-state index contributed by atoms with van der Waals surface area (Å²) in [7, 11) is 1.61. The van der Waals surface area contributed by atoms with E-state index in [1.165, 1.54) is 0 Å². The summed E-state index contributed by atoms with van der Waals surface area (Å²) in [6.07, 6.45) is 2.04. The fraction of sp³-hybridized carbons (Fsp3) is 0.188. The Kier molecular flexibility index (Phi) is 6.74. The molecule has 0 spiro atoms. The molecule has 6 rings (SSSR count). The van der Waals surface area contributed by atoms with Crippen LogP contribution in [0.15, 0.2) is 97.2 Å². The number of urea groups is 1. The number of carbonyl (C=O) groups excluding carboxylic acids is 1. The Balaban J connectivity index is 1.52. The molecule has 0 fully saturated rings. The van der Waals surface area contributed by atoms with Crippen molar-refractivity contribution in [2.24, 2.45) is 0 Å². The molecule has 8 nitrogen and oxygen atoms in total. The van der Waals surface area contributed by atoms with Gasteiger partial charge in [0.05, 0.1) is 43.4 Å². The number of hydrogen-bond acceptors (Lipinski definition) is 4. The molecule has 3 aromatic carbocycles. The molecule has 202 valence electrons. The highest BCUT2D eigenvalue weighted by molar-refractivity contribution is 5.90. The van der Waals surface area contributed by atoms with Crippen LogP contribution in [0.5, 0.6) is 11.5 Å². The predicted molar refractivity (Wildman–Crippen MR) is 155 cm³/mol. The number of benzene rings is 3. The van der Waals surface area contributed by atoms with Gasteiger partial charge in [0.1, 0.15) is 17.3 Å². The zero-order chi connectivity index (χ0) is 27.6. The Labute approximate surface area is 233 Å². The molecule has 0 bridgehead atoms. The monoisotopic (exact) mass is 533 g/mol. The molecule has 0 radical (unpaired) electrons. The van der Waals surface area contributed by atoms with Gasteiger partial charge in [-0.25, -0.2) is 9.48 Å². The molecule has 2 amide bonds. The first-order chi connectivity index (χ1) is 19.6. The quantitative estimate of drug-likeness (QED) is 0.270. The Bertz CT molecular complexity index is 1660. The SMILES string of the molecule is CCOc1cccc(C2c3cccn3-c3c(c(C)nn3-c3ccccc3)CN2C(=O)Nc2cccc(OC)c2)c1. The second-order valence-corrected chi connectivity index (χ2v) is 9.64. The number of nitrogens with zero attached hydrogens (tertiary/aromatic N) is 4. The summed E-state index contributed by atoms with van der Waals surface area (Å²) in [6, 6.07) is 28.9. The average molecular weight is 534 g/mol. The lowest BCUT2D eigenvalue weighted by atomic mass is 10.0. The minimum absolute atomic E-state index is 0.229. The zero-order valence-corrected chi connectivity index (χ0v) is 22.7. The number of rotatable bonds is 6. The summed E-state index contributed by atoms with van der Waals surface area (Å²) in [4.78, 5) is 16.0. The molecule has 5 aromatic rings. The lowest BCUT2D eigenvalue weighted by Crippen LogP contribution is -2.38. The fourth-order valence-electron chi connectivity index (χ4n) is 5.34. The van der Waals surface area contributed by atoms with Gasteiger partial charge in [0.15, 0.2) is 0 Å². The smallest absolute Gasteiger partial charge is 0.322 e. The van der Waals surface area contributed by atoms with Gasteiger partial charge in [-0.05, 0) is 67.9 Å². The second kappa shape index (κ2) is 10.6. The molecule has 1 atom stereocenters. The summed E-state index contributed by atoms with van der Waals surface area (Å²) in [5.41, 5.74) is 5.35. The number of amides is 2. The van der Waals surface area contributed by atoms with Crippen LogP contribution in [0.4, 0.5) is 10.5 Å². The van der Waals surface area contributed by atoms with Crippen LogP contribution >= 0.6 is 0 Å². The van der Waals surface area contributed by atoms with Crippen molar-refractivity contribution in [3.8, 4) is 23.0 Å². The van der Waals surface area contributed by atoms with E-state index in [-0.39, 0.29) is 6.03 Å². The molecule has 1 N–H and O–H groups in total. The maximum atomic E-state index is 14.2. The lowest BCUT2D eigenvalue weighted by Gasteiger charge is -2.31. The molecule has 40 heavy (non-hydrogen) atoms. The number of hydrogen-bond donors (Lipinski definition) is 1. The van der Waals surface area contributed by atoms with Gasteiger partial charge >= 0.3 is 6.03 Å². The third kappa shape index (κ3) is 4.58. The molecule has 0 saturated carbocycles. The fourth-order valence-corrected chi connectivity index (χ4v) is 5.34. The van der Waals surface area contributed by atoms with Crippen LogP contribution < -0.4 is 14.8 Å². The molecule has 3 heterocycles. The number of nitrogens with one attached hydrogen (secondary N) is 1. The van der Waals surface area contributed by atoms with Gasteiger partial charge in [-0.15, -0.1) is 0 Å². The number of ether oxygens (including phenoxy) is 2. The number of fused-ring (bicyclic) bond motifs is 3. The predicted octanol–water partition coefficient (Wildman–Crippen LogP) is 6.52. The lowest BCUT2D eigenvalue weighted by molar-refractivity contribution is 0.194. The third-order valence-corrected chi connectivity index (χ3v) is 7.15. The van der Waals surface area contributed by atoms with Crippen LogP contribution in [0.3, 0.4) is 0 Å². The molecule has 2 aromatic heterocycles. The van der Waals surface area contributed by atoms with Crippen molar-refractivity contribution >= 4 is 11.7 Å². The van der Waals surface area contributed by atoms with Gasteiger partial charge in [-0.3, -0.25) is 0 Å². The molecular weight excluding hydrogens is 502 g/mol. The molecule has 1 aliphatic heterocycles. The van der Waals surface area contributed by atoms with Crippen molar-refractivity contribution in [3.63, 3.8) is 0 Å². The van der Waals surface area contributed by atoms with E-state index in [1.54, 1.807) is 7.11 Å². The number of aryl methyl sites for hydroxylation is 1. The number of methoxy groups -OCH3 is 1. The Morgan fingerprint density at radius 2 is 1.77 bits per heavy atom. The van der Waals surface area contributed by atoms with Crippen molar-refractivity contribution in [1.82, 2.24) is 19.2 Å². The van der Waals surface area contributed by atoms with E-state index in [9.17, 15) is 4.79 Å². The van der Waals surface area contributed by atoms with Gasteiger partial charge in [-0.1, -0.05) is 36.4 Å². The first-order valence-corrected chi connectivity index (χ1v) is 13.3. The van der Waals surface area contributed by atoms with Gasteiger partial charge in [-0.2, -0.15) is 5.10 Å². The minimum atomic E-state index is -0.392. The van der Waals surface area contributed by atoms with Gasteiger partial charge in [0.25, 0.3) is 0 Å². The summed E-state index contributed by atoms with van der Waals surface area (Å²) in [5.74, 6) is 2.36. The molecule has 0 aliphatic carbocycles. The second-order valence-electron chi connectivity index (χ2n) is 9.64. The number of anilines is 1. The highest BCUT2D eigenvalue weighted by atomic mass is 16.5. The van der Waals surface area contributed by atoms with E-state index >= 15 is 0 Å². The van der Waals surface area contributed by atoms with E-state index in [1.807, 2.05) is 115 Å². The van der Waals surface area contributed by atoms with E-state index in [2.05, 4.69) is 16.0 Å². The summed E-state index contributed by atoms with van der Waals surface area (Å²) >= 11 is 0. The van der Waals surface area contributed by atoms with Crippen molar-refractivity contribution in [1.29, 1.82) is 0 Å². The van der Waals surface area contributed by atoms with E-state index in [4.69, 9.17) is 14.6 Å². The van der Waals surface area contributed by atoms with Crippen molar-refractivity contribution in [2.75, 3.05) is 19.0 Å². The number of para-hydroxylation sites is 1. The van der Waals surface area contributed by atoms with Gasteiger partial charge in [0, 0.05) is 23.5 Å². The van der Waals surface area contributed by atoms with Gasteiger partial charge in [0.2, 0.25) is 0 Å². The summed E-state index contributed by atoms with van der Waals surface area (Å²) in [5, 5.41) is 8.02. The maximum absolute atomic E-state index is 14.2. The third-order valence-electron chi connectivity index (χ3n) is 7.15. The van der Waals surface area contributed by atoms with E-state index in [0.717, 1.165) is 39.8 Å². The van der Waals surface area contributed by atoms with Crippen molar-refractivity contribution in [3.05, 3.63) is 120 Å². The van der Waals surface area contributed by atoms with E-state index in [0.29, 0.717) is 24.6 Å². The van der Waals surface area contributed by atoms with E-state index < -0.39 is 6.04 Å². The van der Waals surface area contributed by atoms with Crippen LogP contribution in [0, 0.1) is 6.92 Å². The van der Waals surface area contributed by atoms with Crippen LogP contribution in [0.2, 0.25) is 0 Å². The highest BCUT2D eigenvalue weighted by Gasteiger charge is 2.36. The summed E-state index contributed by atoms with van der Waals surface area (Å²) in [6.45, 7) is 4.87. The molecule has 0 saturated heterocycles. The van der Waals surface area contributed by atoms with Crippen molar-refractivity contribution in [2.45, 2.75) is 26.4 Å². The minimum Gasteiger partial charge on any atom is -0.497 e. The highest BCUT2D eigenvalue weighted by Crippen LogP contribution is 2.39. The van der Waals surface area contributed by atoms with Gasteiger partial charge < -0.3 is 24.3 Å². The van der Waals surface area contributed by atoms with Crippen LogP contribution in [-0.2, 0) is 6.54 Å².